The molecule has 0 fully saturated rings. The van der Waals surface area contributed by atoms with Crippen LogP contribution in [-0.4, -0.2) is 47.0 Å². The van der Waals surface area contributed by atoms with E-state index in [0.717, 1.165) is 24.6 Å². The fourth-order valence-electron chi connectivity index (χ4n) is 3.11. The van der Waals surface area contributed by atoms with Crippen molar-refractivity contribution in [3.8, 4) is 0 Å². The number of aliphatic hydroxyl groups is 1. The van der Waals surface area contributed by atoms with E-state index < -0.39 is 0 Å². The number of anilines is 1. The van der Waals surface area contributed by atoms with Crippen molar-refractivity contribution in [1.82, 2.24) is 15.3 Å². The SMILES string of the molecule is NC=C(C=NCCO)c1ccc2ccc(NC(=O)NCCCCc3ccccc3)nc2n1. The fraction of sp³-hybridized carbons (Fsp3) is 0.250. The van der Waals surface area contributed by atoms with E-state index in [-0.39, 0.29) is 12.6 Å². The average molecular weight is 433 g/mol. The smallest absolute Gasteiger partial charge is 0.320 e. The normalized spacial score (nSPS) is 11.7. The maximum Gasteiger partial charge on any atom is 0.320 e. The minimum absolute atomic E-state index is 0.0365. The zero-order valence-corrected chi connectivity index (χ0v) is 17.9. The van der Waals surface area contributed by atoms with E-state index in [0.29, 0.717) is 35.8 Å². The molecule has 2 aromatic heterocycles. The van der Waals surface area contributed by atoms with Gasteiger partial charge in [0.1, 0.15) is 5.82 Å². The number of nitrogens with one attached hydrogen (secondary N) is 2. The van der Waals surface area contributed by atoms with Crippen molar-refractivity contribution in [1.29, 1.82) is 0 Å². The molecular formula is C24H28N6O2. The lowest BCUT2D eigenvalue weighted by molar-refractivity contribution is 0.252. The summed E-state index contributed by atoms with van der Waals surface area (Å²) in [7, 11) is 0. The third-order valence-electron chi connectivity index (χ3n) is 4.75. The monoisotopic (exact) mass is 432 g/mol. The molecule has 3 aromatic rings. The van der Waals surface area contributed by atoms with Gasteiger partial charge < -0.3 is 16.2 Å². The van der Waals surface area contributed by atoms with Crippen LogP contribution in [0.2, 0.25) is 0 Å². The summed E-state index contributed by atoms with van der Waals surface area (Å²) in [5.41, 5.74) is 8.70. The van der Waals surface area contributed by atoms with Crippen LogP contribution in [0, 0.1) is 0 Å². The summed E-state index contributed by atoms with van der Waals surface area (Å²) >= 11 is 0. The Balaban J connectivity index is 1.54. The number of aliphatic hydroxyl groups excluding tert-OH is 1. The predicted octanol–water partition coefficient (Wildman–Crippen LogP) is 3.14. The number of carbonyl (C=O) groups excluding carboxylic acids is 1. The van der Waals surface area contributed by atoms with Crippen LogP contribution in [0.25, 0.3) is 16.6 Å². The molecule has 0 aliphatic carbocycles. The highest BCUT2D eigenvalue weighted by atomic mass is 16.3. The Labute approximate surface area is 187 Å². The van der Waals surface area contributed by atoms with E-state index in [1.165, 1.54) is 11.8 Å². The van der Waals surface area contributed by atoms with Crippen molar-refractivity contribution in [2.45, 2.75) is 19.3 Å². The first-order chi connectivity index (χ1) is 15.7. The molecule has 0 spiro atoms. The van der Waals surface area contributed by atoms with Gasteiger partial charge in [0.25, 0.3) is 0 Å². The standard InChI is InChI=1S/C24H28N6O2/c25-16-20(17-26-14-15-31)21-11-9-19-10-12-22(29-23(19)28-21)30-24(32)27-13-5-4-8-18-6-2-1-3-7-18/h1-3,6-7,9-12,16-17,31H,4-5,8,13-15,25H2,(H2,27,28,29,30,32). The maximum atomic E-state index is 12.2. The molecule has 2 heterocycles. The number of fused-ring (bicyclic) bond motifs is 1. The molecular weight excluding hydrogens is 404 g/mol. The van der Waals surface area contributed by atoms with Crippen LogP contribution in [0.5, 0.6) is 0 Å². The average Bonchev–Trinajstić information content (AvgIpc) is 2.82. The number of carbonyl (C=O) groups is 1. The molecule has 166 valence electrons. The number of amides is 2. The maximum absolute atomic E-state index is 12.2. The van der Waals surface area contributed by atoms with Crippen LogP contribution in [0.1, 0.15) is 24.1 Å². The van der Waals surface area contributed by atoms with Crippen LogP contribution in [-0.2, 0) is 6.42 Å². The zero-order chi connectivity index (χ0) is 22.6. The van der Waals surface area contributed by atoms with Crippen molar-refractivity contribution in [3.63, 3.8) is 0 Å². The number of pyridine rings is 2. The number of hydrogen-bond donors (Lipinski definition) is 4. The summed E-state index contributed by atoms with van der Waals surface area (Å²) in [5, 5.41) is 15.3. The summed E-state index contributed by atoms with van der Waals surface area (Å²) in [6.07, 6.45) is 5.86. The molecule has 0 radical (unpaired) electrons. The summed E-state index contributed by atoms with van der Waals surface area (Å²) < 4.78 is 0. The summed E-state index contributed by atoms with van der Waals surface area (Å²) in [5.74, 6) is 0.413. The highest BCUT2D eigenvalue weighted by molar-refractivity contribution is 6.09. The van der Waals surface area contributed by atoms with Gasteiger partial charge in [0.05, 0.1) is 18.8 Å². The number of unbranched alkanes of at least 4 members (excludes halogenated alkanes) is 1. The highest BCUT2D eigenvalue weighted by Gasteiger charge is 2.07. The van der Waals surface area contributed by atoms with Crippen LogP contribution in [0.3, 0.4) is 0 Å². The van der Waals surface area contributed by atoms with E-state index in [9.17, 15) is 4.79 Å². The van der Waals surface area contributed by atoms with Gasteiger partial charge in [-0.2, -0.15) is 0 Å². The quantitative estimate of drug-likeness (QED) is 0.289. The van der Waals surface area contributed by atoms with Gasteiger partial charge in [-0.05, 0) is 49.1 Å². The summed E-state index contributed by atoms with van der Waals surface area (Å²) in [6.45, 7) is 0.844. The summed E-state index contributed by atoms with van der Waals surface area (Å²) in [4.78, 5) is 25.2. The van der Waals surface area contributed by atoms with E-state index in [1.807, 2.05) is 36.4 Å². The van der Waals surface area contributed by atoms with Gasteiger partial charge in [0, 0.05) is 29.9 Å². The van der Waals surface area contributed by atoms with E-state index in [2.05, 4.69) is 37.7 Å². The Kier molecular flexibility index (Phi) is 8.70. The van der Waals surface area contributed by atoms with Crippen molar-refractivity contribution in [2.24, 2.45) is 10.7 Å². The number of hydrogen-bond acceptors (Lipinski definition) is 6. The lowest BCUT2D eigenvalue weighted by Crippen LogP contribution is -2.29. The van der Waals surface area contributed by atoms with Crippen LogP contribution < -0.4 is 16.4 Å². The molecule has 0 aliphatic rings. The molecule has 2 amide bonds. The Morgan fingerprint density at radius 1 is 1.06 bits per heavy atom. The lowest BCUT2D eigenvalue weighted by Gasteiger charge is -2.08. The van der Waals surface area contributed by atoms with Crippen LogP contribution in [0.15, 0.2) is 65.8 Å². The van der Waals surface area contributed by atoms with Gasteiger partial charge in [0.15, 0.2) is 5.65 Å². The van der Waals surface area contributed by atoms with Crippen molar-refractivity contribution in [2.75, 3.05) is 25.0 Å². The number of nitrogens with two attached hydrogens (primary N) is 1. The first-order valence-corrected chi connectivity index (χ1v) is 10.6. The van der Waals surface area contributed by atoms with E-state index >= 15 is 0 Å². The number of nitrogens with zero attached hydrogens (tertiary/aromatic N) is 3. The number of aliphatic imine (C=N–C) groups is 1. The minimum Gasteiger partial charge on any atom is -0.404 e. The second kappa shape index (κ2) is 12.2. The third-order valence-corrected chi connectivity index (χ3v) is 4.75. The second-order valence-electron chi connectivity index (χ2n) is 7.14. The topological polar surface area (TPSA) is 126 Å². The molecule has 8 nitrogen and oxygen atoms in total. The largest absolute Gasteiger partial charge is 0.404 e. The zero-order valence-electron chi connectivity index (χ0n) is 17.9. The molecule has 5 N–H and O–H groups in total. The number of aromatic nitrogens is 2. The molecule has 8 heteroatoms. The summed E-state index contributed by atoms with van der Waals surface area (Å²) in [6, 6.07) is 17.3. The van der Waals surface area contributed by atoms with Gasteiger partial charge in [-0.25, -0.2) is 14.8 Å². The molecule has 0 unspecified atom stereocenters. The van der Waals surface area contributed by atoms with Crippen molar-refractivity contribution in [3.05, 3.63) is 72.1 Å². The Hall–Kier alpha value is -3.78. The van der Waals surface area contributed by atoms with Gasteiger partial charge in [0.2, 0.25) is 0 Å². The number of benzene rings is 1. The molecule has 1 aromatic carbocycles. The molecule has 32 heavy (non-hydrogen) atoms. The molecule has 0 saturated heterocycles. The van der Waals surface area contributed by atoms with Crippen LogP contribution >= 0.6 is 0 Å². The Morgan fingerprint density at radius 2 is 1.88 bits per heavy atom. The molecule has 0 atom stereocenters. The van der Waals surface area contributed by atoms with Crippen molar-refractivity contribution < 1.29 is 9.90 Å². The minimum atomic E-state index is -0.300. The second-order valence-corrected chi connectivity index (χ2v) is 7.14. The Bertz CT molecular complexity index is 1080. The van der Waals surface area contributed by atoms with Crippen LogP contribution in [0.4, 0.5) is 10.6 Å². The Morgan fingerprint density at radius 3 is 2.66 bits per heavy atom. The van der Waals surface area contributed by atoms with Gasteiger partial charge in [-0.3, -0.25) is 10.3 Å². The third kappa shape index (κ3) is 6.88. The first kappa shape index (κ1) is 22.9. The van der Waals surface area contributed by atoms with Gasteiger partial charge >= 0.3 is 6.03 Å². The molecule has 0 aliphatic heterocycles. The number of allylic oxidation sites excluding steroid dienone is 1. The fourth-order valence-corrected chi connectivity index (χ4v) is 3.11. The highest BCUT2D eigenvalue weighted by Crippen LogP contribution is 2.17. The predicted molar refractivity (Wildman–Crippen MR) is 129 cm³/mol. The molecule has 0 bridgehead atoms. The number of urea groups is 1. The van der Waals surface area contributed by atoms with E-state index in [4.69, 9.17) is 10.8 Å². The lowest BCUT2D eigenvalue weighted by atomic mass is 10.1. The first-order valence-electron chi connectivity index (χ1n) is 10.6. The van der Waals surface area contributed by atoms with Crippen molar-refractivity contribution >= 4 is 34.7 Å². The number of rotatable bonds is 10. The van der Waals surface area contributed by atoms with Gasteiger partial charge in [-0.1, -0.05) is 30.3 Å². The number of aryl methyl sites for hydroxylation is 1. The molecule has 0 saturated carbocycles. The van der Waals surface area contributed by atoms with E-state index in [1.54, 1.807) is 12.3 Å². The molecule has 3 rings (SSSR count). The van der Waals surface area contributed by atoms with Gasteiger partial charge in [-0.15, -0.1) is 0 Å².